The van der Waals surface area contributed by atoms with Gasteiger partial charge < -0.3 is 14.0 Å². The van der Waals surface area contributed by atoms with Crippen LogP contribution in [0.25, 0.3) is 0 Å². The van der Waals surface area contributed by atoms with Crippen molar-refractivity contribution in [3.63, 3.8) is 0 Å². The van der Waals surface area contributed by atoms with Crippen molar-refractivity contribution in [3.8, 4) is 0 Å². The van der Waals surface area contributed by atoms with E-state index < -0.39 is 7.12 Å². The Hall–Kier alpha value is -1.33. The van der Waals surface area contributed by atoms with Gasteiger partial charge in [0.25, 0.3) is 0 Å². The van der Waals surface area contributed by atoms with Crippen LogP contribution in [0.3, 0.4) is 0 Å². The van der Waals surface area contributed by atoms with Gasteiger partial charge in [0.1, 0.15) is 0 Å². The van der Waals surface area contributed by atoms with E-state index in [9.17, 15) is 4.79 Å². The summed E-state index contributed by atoms with van der Waals surface area (Å²) in [5.74, 6) is -0.288. The van der Waals surface area contributed by atoms with Crippen LogP contribution in [0.15, 0.2) is 12.1 Å². The number of benzene rings is 1. The van der Waals surface area contributed by atoms with Crippen LogP contribution in [-0.4, -0.2) is 30.9 Å². The second kappa shape index (κ2) is 5.71. The highest BCUT2D eigenvalue weighted by molar-refractivity contribution is 6.62. The van der Waals surface area contributed by atoms with Crippen LogP contribution in [0.5, 0.6) is 0 Å². The minimum Gasteiger partial charge on any atom is -0.462 e. The topological polar surface area (TPSA) is 44.8 Å². The zero-order chi connectivity index (χ0) is 16.7. The van der Waals surface area contributed by atoms with E-state index in [-0.39, 0.29) is 17.2 Å². The summed E-state index contributed by atoms with van der Waals surface area (Å²) in [6.07, 6.45) is 0. The standard InChI is InChI=1S/C17H25BO4/c1-8-20-15(19)13-9-10-14(12(3)11(13)2)18-21-16(4,5)17(6,7)22-18/h9-10H,8H2,1-7H3. The van der Waals surface area contributed by atoms with Gasteiger partial charge in [-0.2, -0.15) is 0 Å². The lowest BCUT2D eigenvalue weighted by Gasteiger charge is -2.32. The molecule has 0 bridgehead atoms. The van der Waals surface area contributed by atoms with Gasteiger partial charge in [-0.15, -0.1) is 0 Å². The highest BCUT2D eigenvalue weighted by Crippen LogP contribution is 2.36. The first-order valence-corrected chi connectivity index (χ1v) is 7.73. The van der Waals surface area contributed by atoms with Crippen molar-refractivity contribution >= 4 is 18.6 Å². The summed E-state index contributed by atoms with van der Waals surface area (Å²) in [6, 6.07) is 3.69. The van der Waals surface area contributed by atoms with Crippen LogP contribution in [-0.2, 0) is 14.0 Å². The second-order valence-electron chi connectivity index (χ2n) is 6.76. The molecule has 1 aromatic carbocycles. The number of esters is 1. The first kappa shape index (κ1) is 17.0. The van der Waals surface area contributed by atoms with Crippen molar-refractivity contribution in [1.82, 2.24) is 0 Å². The van der Waals surface area contributed by atoms with Crippen LogP contribution in [0.1, 0.15) is 56.1 Å². The van der Waals surface area contributed by atoms with Crippen molar-refractivity contribution < 1.29 is 18.8 Å². The molecule has 0 aliphatic carbocycles. The number of rotatable bonds is 3. The van der Waals surface area contributed by atoms with Crippen LogP contribution < -0.4 is 5.46 Å². The molecule has 5 heteroatoms. The second-order valence-corrected chi connectivity index (χ2v) is 6.76. The Morgan fingerprint density at radius 3 is 2.14 bits per heavy atom. The largest absolute Gasteiger partial charge is 0.495 e. The molecular formula is C17H25BO4. The molecular weight excluding hydrogens is 279 g/mol. The predicted octanol–water partition coefficient (Wildman–Crippen LogP) is 2.78. The van der Waals surface area contributed by atoms with Crippen molar-refractivity contribution in [2.45, 2.75) is 59.7 Å². The van der Waals surface area contributed by atoms with Gasteiger partial charge in [-0.3, -0.25) is 0 Å². The molecule has 0 aromatic heterocycles. The summed E-state index contributed by atoms with van der Waals surface area (Å²) in [6.45, 7) is 14.2. The molecule has 1 saturated heterocycles. The normalized spacial score (nSPS) is 19.3. The van der Waals surface area contributed by atoms with Gasteiger partial charge in [-0.1, -0.05) is 6.07 Å². The molecule has 1 aromatic rings. The van der Waals surface area contributed by atoms with Gasteiger partial charge in [0.05, 0.1) is 23.4 Å². The number of carbonyl (C=O) groups is 1. The van der Waals surface area contributed by atoms with E-state index in [0.29, 0.717) is 12.2 Å². The lowest BCUT2D eigenvalue weighted by atomic mass is 9.74. The average Bonchev–Trinajstić information content (AvgIpc) is 2.61. The number of ether oxygens (including phenoxy) is 1. The highest BCUT2D eigenvalue weighted by Gasteiger charge is 2.52. The average molecular weight is 304 g/mol. The van der Waals surface area contributed by atoms with Crippen LogP contribution in [0.4, 0.5) is 0 Å². The van der Waals surface area contributed by atoms with Gasteiger partial charge in [0.15, 0.2) is 0 Å². The van der Waals surface area contributed by atoms with E-state index in [4.69, 9.17) is 14.0 Å². The molecule has 0 unspecified atom stereocenters. The highest BCUT2D eigenvalue weighted by atomic mass is 16.7. The Bertz CT molecular complexity index is 577. The lowest BCUT2D eigenvalue weighted by molar-refractivity contribution is 0.00578. The summed E-state index contributed by atoms with van der Waals surface area (Å²) in [7, 11) is -0.417. The summed E-state index contributed by atoms with van der Waals surface area (Å²) >= 11 is 0. The maximum atomic E-state index is 12.0. The minimum atomic E-state index is -0.417. The Labute approximate surface area is 133 Å². The first-order chi connectivity index (χ1) is 10.1. The van der Waals surface area contributed by atoms with Crippen molar-refractivity contribution in [2.75, 3.05) is 6.61 Å². The van der Waals surface area contributed by atoms with Crippen LogP contribution >= 0.6 is 0 Å². The molecule has 1 aliphatic heterocycles. The van der Waals surface area contributed by atoms with Gasteiger partial charge in [-0.25, -0.2) is 4.79 Å². The Morgan fingerprint density at radius 2 is 1.64 bits per heavy atom. The molecule has 0 saturated carbocycles. The molecule has 2 rings (SSSR count). The van der Waals surface area contributed by atoms with Gasteiger partial charge in [0.2, 0.25) is 0 Å². The summed E-state index contributed by atoms with van der Waals surface area (Å²) in [5, 5.41) is 0. The first-order valence-electron chi connectivity index (χ1n) is 7.73. The van der Waals surface area contributed by atoms with E-state index in [0.717, 1.165) is 16.6 Å². The SMILES string of the molecule is CCOC(=O)c1ccc(B2OC(C)(C)C(C)(C)O2)c(C)c1C. The summed E-state index contributed by atoms with van der Waals surface area (Å²) in [4.78, 5) is 12.0. The zero-order valence-corrected chi connectivity index (χ0v) is 14.6. The van der Waals surface area contributed by atoms with E-state index >= 15 is 0 Å². The summed E-state index contributed by atoms with van der Waals surface area (Å²) < 4.78 is 17.3. The zero-order valence-electron chi connectivity index (χ0n) is 14.6. The van der Waals surface area contributed by atoms with Crippen LogP contribution in [0.2, 0.25) is 0 Å². The molecule has 0 amide bonds. The Kier molecular flexibility index (Phi) is 4.42. The fourth-order valence-electron chi connectivity index (χ4n) is 2.50. The van der Waals surface area contributed by atoms with Gasteiger partial charge >= 0.3 is 13.1 Å². The van der Waals surface area contributed by atoms with Gasteiger partial charge in [0, 0.05) is 0 Å². The molecule has 0 radical (unpaired) electrons. The Morgan fingerprint density at radius 1 is 1.09 bits per heavy atom. The fraction of sp³-hybridized carbons (Fsp3) is 0.588. The van der Waals surface area contributed by atoms with Crippen molar-refractivity contribution in [2.24, 2.45) is 0 Å². The van der Waals surface area contributed by atoms with E-state index in [1.807, 2.05) is 47.6 Å². The molecule has 1 aliphatic rings. The van der Waals surface area contributed by atoms with E-state index in [2.05, 4.69) is 0 Å². The van der Waals surface area contributed by atoms with Gasteiger partial charge in [-0.05, 0) is 71.1 Å². The number of hydrogen-bond donors (Lipinski definition) is 0. The smallest absolute Gasteiger partial charge is 0.462 e. The molecule has 1 heterocycles. The monoisotopic (exact) mass is 304 g/mol. The quantitative estimate of drug-likeness (QED) is 0.636. The minimum absolute atomic E-state index is 0.288. The number of hydrogen-bond acceptors (Lipinski definition) is 4. The molecule has 0 atom stereocenters. The fourth-order valence-corrected chi connectivity index (χ4v) is 2.50. The molecule has 22 heavy (non-hydrogen) atoms. The van der Waals surface area contributed by atoms with Crippen molar-refractivity contribution in [1.29, 1.82) is 0 Å². The number of carbonyl (C=O) groups excluding carboxylic acids is 1. The predicted molar refractivity (Wildman–Crippen MR) is 87.6 cm³/mol. The maximum Gasteiger partial charge on any atom is 0.495 e. The Balaban J connectivity index is 2.36. The molecule has 4 nitrogen and oxygen atoms in total. The summed E-state index contributed by atoms with van der Waals surface area (Å²) in [5.41, 5.74) is 2.72. The van der Waals surface area contributed by atoms with Crippen molar-refractivity contribution in [3.05, 3.63) is 28.8 Å². The third-order valence-electron chi connectivity index (χ3n) is 4.83. The van der Waals surface area contributed by atoms with E-state index in [1.165, 1.54) is 0 Å². The lowest BCUT2D eigenvalue weighted by Crippen LogP contribution is -2.41. The third-order valence-corrected chi connectivity index (χ3v) is 4.83. The van der Waals surface area contributed by atoms with E-state index in [1.54, 1.807) is 13.0 Å². The third kappa shape index (κ3) is 2.80. The molecule has 0 N–H and O–H groups in total. The maximum absolute atomic E-state index is 12.0. The molecule has 120 valence electrons. The van der Waals surface area contributed by atoms with Crippen LogP contribution in [0, 0.1) is 13.8 Å². The molecule has 1 fully saturated rings. The molecule has 0 spiro atoms.